The highest BCUT2D eigenvalue weighted by molar-refractivity contribution is 6.43. The van der Waals surface area contributed by atoms with E-state index in [0.29, 0.717) is 29.8 Å². The monoisotopic (exact) mass is 301 g/mol. The van der Waals surface area contributed by atoms with Crippen LogP contribution in [0.1, 0.15) is 29.6 Å². The van der Waals surface area contributed by atoms with Crippen molar-refractivity contribution in [2.75, 3.05) is 0 Å². The summed E-state index contributed by atoms with van der Waals surface area (Å²) in [6.07, 6.45) is 1.71. The number of halogens is 2. The molecule has 0 saturated heterocycles. The van der Waals surface area contributed by atoms with Gasteiger partial charge in [-0.25, -0.2) is 0 Å². The van der Waals surface area contributed by atoms with Gasteiger partial charge < -0.3 is 10.4 Å². The predicted octanol–water partition coefficient (Wildman–Crippen LogP) is 2.98. The van der Waals surface area contributed by atoms with Gasteiger partial charge in [0.1, 0.15) is 0 Å². The third-order valence-electron chi connectivity index (χ3n) is 3.31. The lowest BCUT2D eigenvalue weighted by Gasteiger charge is -2.13. The summed E-state index contributed by atoms with van der Waals surface area (Å²) in [6, 6.07) is 4.73. The second-order valence-electron chi connectivity index (χ2n) is 4.62. The molecule has 2 rings (SSSR count). The summed E-state index contributed by atoms with van der Waals surface area (Å²) in [5.74, 6) is -1.50. The van der Waals surface area contributed by atoms with E-state index in [9.17, 15) is 9.59 Å². The Labute approximate surface area is 120 Å². The van der Waals surface area contributed by atoms with Gasteiger partial charge in [-0.1, -0.05) is 29.3 Å². The molecule has 1 aliphatic rings. The topological polar surface area (TPSA) is 66.4 Å². The summed E-state index contributed by atoms with van der Waals surface area (Å²) >= 11 is 11.8. The van der Waals surface area contributed by atoms with E-state index >= 15 is 0 Å². The van der Waals surface area contributed by atoms with Crippen molar-refractivity contribution in [1.82, 2.24) is 5.32 Å². The molecule has 0 spiro atoms. The van der Waals surface area contributed by atoms with E-state index < -0.39 is 5.97 Å². The van der Waals surface area contributed by atoms with Gasteiger partial charge >= 0.3 is 5.97 Å². The Morgan fingerprint density at radius 1 is 1.26 bits per heavy atom. The van der Waals surface area contributed by atoms with Crippen LogP contribution in [-0.2, 0) is 4.79 Å². The highest BCUT2D eigenvalue weighted by atomic mass is 35.5. The molecule has 1 aliphatic carbocycles. The number of aliphatic carboxylic acids is 1. The van der Waals surface area contributed by atoms with Crippen LogP contribution in [0.15, 0.2) is 18.2 Å². The molecule has 0 unspecified atom stereocenters. The predicted molar refractivity (Wildman–Crippen MR) is 72.7 cm³/mol. The highest BCUT2D eigenvalue weighted by Crippen LogP contribution is 2.28. The molecule has 102 valence electrons. The van der Waals surface area contributed by atoms with E-state index in [0.717, 1.165) is 0 Å². The number of rotatable bonds is 3. The summed E-state index contributed by atoms with van der Waals surface area (Å²) in [5, 5.41) is 12.3. The standard InChI is InChI=1S/C13H13Cl2NO3/c14-10-3-1-2-9(11(10)15)12(17)16-8-5-4-7(6-8)13(18)19/h1-3,7-8H,4-6H2,(H,16,17)(H,18,19)/t7-,8+/m1/s1. The molecule has 2 atom stereocenters. The number of carbonyl (C=O) groups is 2. The van der Waals surface area contributed by atoms with Crippen molar-refractivity contribution >= 4 is 35.1 Å². The third kappa shape index (κ3) is 3.19. The van der Waals surface area contributed by atoms with Crippen molar-refractivity contribution in [3.05, 3.63) is 33.8 Å². The van der Waals surface area contributed by atoms with E-state index in [-0.39, 0.29) is 22.9 Å². The molecule has 0 radical (unpaired) electrons. The van der Waals surface area contributed by atoms with Crippen LogP contribution in [0, 0.1) is 5.92 Å². The van der Waals surface area contributed by atoms with Crippen molar-refractivity contribution in [3.63, 3.8) is 0 Å². The third-order valence-corrected chi connectivity index (χ3v) is 4.13. The molecular formula is C13H13Cl2NO3. The minimum absolute atomic E-state index is 0.122. The molecule has 0 bridgehead atoms. The van der Waals surface area contributed by atoms with Gasteiger partial charge in [-0.15, -0.1) is 0 Å². The van der Waals surface area contributed by atoms with Crippen molar-refractivity contribution in [2.45, 2.75) is 25.3 Å². The van der Waals surface area contributed by atoms with Gasteiger partial charge in [-0.3, -0.25) is 9.59 Å². The van der Waals surface area contributed by atoms with Gasteiger partial charge in [0.2, 0.25) is 0 Å². The number of hydrogen-bond acceptors (Lipinski definition) is 2. The number of hydrogen-bond donors (Lipinski definition) is 2. The molecule has 1 saturated carbocycles. The van der Waals surface area contributed by atoms with Crippen LogP contribution in [0.25, 0.3) is 0 Å². The first-order valence-corrected chi connectivity index (χ1v) is 6.72. The molecule has 19 heavy (non-hydrogen) atoms. The summed E-state index contributed by atoms with van der Waals surface area (Å²) in [6.45, 7) is 0. The van der Waals surface area contributed by atoms with Crippen LogP contribution < -0.4 is 5.32 Å². The smallest absolute Gasteiger partial charge is 0.306 e. The first-order valence-electron chi connectivity index (χ1n) is 5.96. The lowest BCUT2D eigenvalue weighted by atomic mass is 10.1. The Bertz CT molecular complexity index is 519. The minimum Gasteiger partial charge on any atom is -0.481 e. The number of carbonyl (C=O) groups excluding carboxylic acids is 1. The van der Waals surface area contributed by atoms with Gasteiger partial charge in [-0.2, -0.15) is 0 Å². The van der Waals surface area contributed by atoms with Crippen LogP contribution in [-0.4, -0.2) is 23.0 Å². The zero-order valence-electron chi connectivity index (χ0n) is 10.0. The van der Waals surface area contributed by atoms with Gasteiger partial charge in [0.25, 0.3) is 5.91 Å². The Hall–Kier alpha value is -1.26. The fraction of sp³-hybridized carbons (Fsp3) is 0.385. The van der Waals surface area contributed by atoms with E-state index in [1.54, 1.807) is 18.2 Å². The maximum absolute atomic E-state index is 12.0. The van der Waals surface area contributed by atoms with E-state index in [1.807, 2.05) is 0 Å². The normalized spacial score (nSPS) is 22.2. The van der Waals surface area contributed by atoms with Crippen LogP contribution >= 0.6 is 23.2 Å². The fourth-order valence-corrected chi connectivity index (χ4v) is 2.67. The highest BCUT2D eigenvalue weighted by Gasteiger charge is 2.31. The Balaban J connectivity index is 2.02. The number of amides is 1. The van der Waals surface area contributed by atoms with Gasteiger partial charge in [0.15, 0.2) is 0 Å². The molecule has 4 nitrogen and oxygen atoms in total. The molecule has 2 N–H and O–H groups in total. The molecule has 1 aromatic carbocycles. The van der Waals surface area contributed by atoms with E-state index in [4.69, 9.17) is 28.3 Å². The number of carboxylic acid groups (broad SMARTS) is 1. The van der Waals surface area contributed by atoms with E-state index in [1.165, 1.54) is 0 Å². The van der Waals surface area contributed by atoms with Crippen LogP contribution in [0.3, 0.4) is 0 Å². The lowest BCUT2D eigenvalue weighted by Crippen LogP contribution is -2.33. The zero-order chi connectivity index (χ0) is 14.0. The quantitative estimate of drug-likeness (QED) is 0.902. The van der Waals surface area contributed by atoms with Crippen molar-refractivity contribution in [1.29, 1.82) is 0 Å². The van der Waals surface area contributed by atoms with Crippen molar-refractivity contribution in [2.24, 2.45) is 5.92 Å². The molecule has 0 heterocycles. The SMILES string of the molecule is O=C(N[C@H]1CC[C@@H](C(=O)O)C1)c1cccc(Cl)c1Cl. The lowest BCUT2D eigenvalue weighted by molar-refractivity contribution is -0.141. The number of benzene rings is 1. The summed E-state index contributed by atoms with van der Waals surface area (Å²) in [4.78, 5) is 22.9. The average Bonchev–Trinajstić information content (AvgIpc) is 2.81. The maximum Gasteiger partial charge on any atom is 0.306 e. The maximum atomic E-state index is 12.0. The molecule has 1 aromatic rings. The van der Waals surface area contributed by atoms with E-state index in [2.05, 4.69) is 5.32 Å². The van der Waals surface area contributed by atoms with Crippen molar-refractivity contribution < 1.29 is 14.7 Å². The first kappa shape index (κ1) is 14.2. The number of carboxylic acids is 1. The number of nitrogens with one attached hydrogen (secondary N) is 1. The minimum atomic E-state index is -0.808. The Morgan fingerprint density at radius 2 is 2.00 bits per heavy atom. The zero-order valence-corrected chi connectivity index (χ0v) is 11.5. The second-order valence-corrected chi connectivity index (χ2v) is 5.41. The second kappa shape index (κ2) is 5.80. The van der Waals surface area contributed by atoms with Crippen LogP contribution in [0.5, 0.6) is 0 Å². The van der Waals surface area contributed by atoms with Gasteiger partial charge in [0, 0.05) is 6.04 Å². The molecule has 1 amide bonds. The van der Waals surface area contributed by atoms with Crippen molar-refractivity contribution in [3.8, 4) is 0 Å². The molecule has 6 heteroatoms. The average molecular weight is 302 g/mol. The summed E-state index contributed by atoms with van der Waals surface area (Å²) in [5.41, 5.74) is 0.313. The Kier molecular flexibility index (Phi) is 4.32. The van der Waals surface area contributed by atoms with Crippen LogP contribution in [0.2, 0.25) is 10.0 Å². The molecule has 0 aliphatic heterocycles. The largest absolute Gasteiger partial charge is 0.481 e. The molecular weight excluding hydrogens is 289 g/mol. The molecule has 1 fully saturated rings. The Morgan fingerprint density at radius 3 is 2.63 bits per heavy atom. The van der Waals surface area contributed by atoms with Crippen LogP contribution in [0.4, 0.5) is 0 Å². The summed E-state index contributed by atoms with van der Waals surface area (Å²) in [7, 11) is 0. The first-order chi connectivity index (χ1) is 8.99. The molecule has 0 aromatic heterocycles. The summed E-state index contributed by atoms with van der Waals surface area (Å²) < 4.78 is 0. The fourth-order valence-electron chi connectivity index (χ4n) is 2.28. The van der Waals surface area contributed by atoms with Gasteiger partial charge in [0.05, 0.1) is 21.5 Å². The van der Waals surface area contributed by atoms with Gasteiger partial charge in [-0.05, 0) is 31.4 Å².